The normalized spacial score (nSPS) is 31.2. The maximum atomic E-state index is 9.48. The second-order valence-corrected chi connectivity index (χ2v) is 7.81. The lowest BCUT2D eigenvalue weighted by Gasteiger charge is -2.38. The van der Waals surface area contributed by atoms with E-state index >= 15 is 0 Å². The molecule has 2 aliphatic carbocycles. The van der Waals surface area contributed by atoms with Gasteiger partial charge in [0, 0.05) is 6.54 Å². The zero-order valence-electron chi connectivity index (χ0n) is 13.4. The molecule has 2 bridgehead atoms. The second-order valence-electron chi connectivity index (χ2n) is 7.81. The van der Waals surface area contributed by atoms with Crippen LogP contribution >= 0.6 is 0 Å². The predicted octanol–water partition coefficient (Wildman–Crippen LogP) is 3.99. The fraction of sp³-hybridized carbons (Fsp3) is 0.684. The maximum absolute atomic E-state index is 9.48. The number of phenolic OH excluding ortho intramolecular Hbond substituents is 1. The van der Waals surface area contributed by atoms with Crippen LogP contribution in [0.3, 0.4) is 0 Å². The van der Waals surface area contributed by atoms with E-state index in [0.29, 0.717) is 17.1 Å². The third kappa shape index (κ3) is 3.26. The third-order valence-corrected chi connectivity index (χ3v) is 5.62. The lowest BCUT2D eigenvalue weighted by atomic mass is 9.69. The van der Waals surface area contributed by atoms with E-state index in [1.54, 1.807) is 0 Å². The Morgan fingerprint density at radius 3 is 2.57 bits per heavy atom. The average molecular weight is 287 g/mol. The van der Waals surface area contributed by atoms with Crippen molar-refractivity contribution in [2.24, 2.45) is 23.2 Å². The van der Waals surface area contributed by atoms with Crippen molar-refractivity contribution >= 4 is 0 Å². The number of hydrogen-bond donors (Lipinski definition) is 2. The van der Waals surface area contributed by atoms with Crippen molar-refractivity contribution in [1.29, 1.82) is 0 Å². The molecule has 116 valence electrons. The van der Waals surface area contributed by atoms with Crippen LogP contribution < -0.4 is 5.32 Å². The molecule has 2 saturated carbocycles. The SMILES string of the molecule is CC(C)CNCC1(Cc2ccc(O)cc2)CC2CCC1C2. The summed E-state index contributed by atoms with van der Waals surface area (Å²) in [7, 11) is 0. The predicted molar refractivity (Wildman–Crippen MR) is 87.4 cm³/mol. The Morgan fingerprint density at radius 2 is 2.00 bits per heavy atom. The Balaban J connectivity index is 1.72. The number of hydrogen-bond acceptors (Lipinski definition) is 2. The Bertz CT molecular complexity index is 467. The Hall–Kier alpha value is -1.02. The highest BCUT2D eigenvalue weighted by atomic mass is 16.3. The van der Waals surface area contributed by atoms with Crippen molar-refractivity contribution in [3.8, 4) is 5.75 Å². The lowest BCUT2D eigenvalue weighted by Crippen LogP contribution is -2.41. The zero-order valence-corrected chi connectivity index (χ0v) is 13.4. The molecule has 2 nitrogen and oxygen atoms in total. The summed E-state index contributed by atoms with van der Waals surface area (Å²) in [6, 6.07) is 7.87. The lowest BCUT2D eigenvalue weighted by molar-refractivity contribution is 0.155. The molecule has 0 aromatic heterocycles. The van der Waals surface area contributed by atoms with Gasteiger partial charge in [0.2, 0.25) is 0 Å². The van der Waals surface area contributed by atoms with Gasteiger partial charge in [0.25, 0.3) is 0 Å². The van der Waals surface area contributed by atoms with Gasteiger partial charge < -0.3 is 10.4 Å². The van der Waals surface area contributed by atoms with Crippen LogP contribution in [0.15, 0.2) is 24.3 Å². The van der Waals surface area contributed by atoms with Gasteiger partial charge >= 0.3 is 0 Å². The molecular weight excluding hydrogens is 258 g/mol. The molecule has 2 fully saturated rings. The van der Waals surface area contributed by atoms with E-state index in [1.807, 2.05) is 12.1 Å². The summed E-state index contributed by atoms with van der Waals surface area (Å²) in [5, 5.41) is 13.2. The summed E-state index contributed by atoms with van der Waals surface area (Å²) in [5.41, 5.74) is 1.83. The Kier molecular flexibility index (Phi) is 4.26. The van der Waals surface area contributed by atoms with E-state index in [9.17, 15) is 5.11 Å². The van der Waals surface area contributed by atoms with Crippen molar-refractivity contribution in [1.82, 2.24) is 5.32 Å². The van der Waals surface area contributed by atoms with Gasteiger partial charge in [-0.1, -0.05) is 32.4 Å². The van der Waals surface area contributed by atoms with Gasteiger partial charge in [-0.3, -0.25) is 0 Å². The molecule has 2 aliphatic rings. The van der Waals surface area contributed by atoms with E-state index in [-0.39, 0.29) is 0 Å². The zero-order chi connectivity index (χ0) is 14.9. The number of rotatable bonds is 6. The van der Waals surface area contributed by atoms with E-state index in [2.05, 4.69) is 31.3 Å². The smallest absolute Gasteiger partial charge is 0.115 e. The number of benzene rings is 1. The molecule has 3 rings (SSSR count). The van der Waals surface area contributed by atoms with E-state index in [4.69, 9.17) is 0 Å². The molecule has 0 amide bonds. The van der Waals surface area contributed by atoms with Crippen molar-refractivity contribution in [2.75, 3.05) is 13.1 Å². The van der Waals surface area contributed by atoms with Gasteiger partial charge in [-0.15, -0.1) is 0 Å². The van der Waals surface area contributed by atoms with Crippen LogP contribution in [-0.2, 0) is 6.42 Å². The number of aromatic hydroxyl groups is 1. The van der Waals surface area contributed by atoms with Crippen LogP contribution in [0.1, 0.15) is 45.1 Å². The third-order valence-electron chi connectivity index (χ3n) is 5.62. The molecule has 1 aromatic carbocycles. The molecule has 21 heavy (non-hydrogen) atoms. The van der Waals surface area contributed by atoms with Crippen LogP contribution in [0.25, 0.3) is 0 Å². The van der Waals surface area contributed by atoms with Gasteiger partial charge in [-0.2, -0.15) is 0 Å². The highest BCUT2D eigenvalue weighted by Crippen LogP contribution is 2.57. The molecule has 2 heteroatoms. The minimum Gasteiger partial charge on any atom is -0.508 e. The van der Waals surface area contributed by atoms with Gasteiger partial charge in [0.15, 0.2) is 0 Å². The van der Waals surface area contributed by atoms with Crippen molar-refractivity contribution < 1.29 is 5.11 Å². The summed E-state index contributed by atoms with van der Waals surface area (Å²) in [6.45, 7) is 6.84. The van der Waals surface area contributed by atoms with E-state index in [0.717, 1.165) is 24.9 Å². The van der Waals surface area contributed by atoms with Gasteiger partial charge in [-0.25, -0.2) is 0 Å². The van der Waals surface area contributed by atoms with Crippen LogP contribution in [0.5, 0.6) is 5.75 Å². The van der Waals surface area contributed by atoms with E-state index in [1.165, 1.54) is 37.7 Å². The minimum absolute atomic E-state index is 0.374. The summed E-state index contributed by atoms with van der Waals surface area (Å²) >= 11 is 0. The molecule has 1 aromatic rings. The van der Waals surface area contributed by atoms with Crippen LogP contribution in [0.2, 0.25) is 0 Å². The first-order chi connectivity index (χ1) is 10.1. The Morgan fingerprint density at radius 1 is 1.24 bits per heavy atom. The fourth-order valence-corrected chi connectivity index (χ4v) is 4.68. The standard InChI is InChI=1S/C19H29NO/c1-14(2)12-20-13-19(11-16-3-6-17(19)9-16)10-15-4-7-18(21)8-5-15/h4-5,7-8,14,16-17,20-21H,3,6,9-13H2,1-2H3. The molecule has 0 saturated heterocycles. The molecule has 0 spiro atoms. The molecule has 2 N–H and O–H groups in total. The summed E-state index contributed by atoms with van der Waals surface area (Å²) in [5.74, 6) is 2.96. The Labute approximate surface area is 129 Å². The molecule has 0 aliphatic heterocycles. The largest absolute Gasteiger partial charge is 0.508 e. The summed E-state index contributed by atoms with van der Waals surface area (Å²) < 4.78 is 0. The van der Waals surface area contributed by atoms with Crippen molar-refractivity contribution in [3.63, 3.8) is 0 Å². The molecular formula is C19H29NO. The topological polar surface area (TPSA) is 32.3 Å². The maximum Gasteiger partial charge on any atom is 0.115 e. The first-order valence-electron chi connectivity index (χ1n) is 8.56. The molecule has 3 atom stereocenters. The monoisotopic (exact) mass is 287 g/mol. The first kappa shape index (κ1) is 14.9. The van der Waals surface area contributed by atoms with Crippen LogP contribution in [0.4, 0.5) is 0 Å². The van der Waals surface area contributed by atoms with Gasteiger partial charge in [0.05, 0.1) is 0 Å². The molecule has 0 radical (unpaired) electrons. The number of nitrogens with one attached hydrogen (secondary N) is 1. The second kappa shape index (κ2) is 6.00. The summed E-state index contributed by atoms with van der Waals surface area (Å²) in [6.07, 6.45) is 6.88. The average Bonchev–Trinajstić information content (AvgIpc) is 3.02. The molecule has 0 heterocycles. The number of fused-ring (bicyclic) bond motifs is 2. The highest BCUT2D eigenvalue weighted by molar-refractivity contribution is 5.27. The fourth-order valence-electron chi connectivity index (χ4n) is 4.68. The van der Waals surface area contributed by atoms with Crippen molar-refractivity contribution in [2.45, 2.75) is 46.0 Å². The quantitative estimate of drug-likeness (QED) is 0.829. The first-order valence-corrected chi connectivity index (χ1v) is 8.56. The summed E-state index contributed by atoms with van der Waals surface area (Å²) in [4.78, 5) is 0. The van der Waals surface area contributed by atoms with Crippen LogP contribution in [0, 0.1) is 23.2 Å². The van der Waals surface area contributed by atoms with Gasteiger partial charge in [-0.05, 0) is 73.1 Å². The van der Waals surface area contributed by atoms with E-state index < -0.39 is 0 Å². The van der Waals surface area contributed by atoms with Gasteiger partial charge in [0.1, 0.15) is 5.75 Å². The molecule has 3 unspecified atom stereocenters. The van der Waals surface area contributed by atoms with Crippen molar-refractivity contribution in [3.05, 3.63) is 29.8 Å². The van der Waals surface area contributed by atoms with Crippen LogP contribution in [-0.4, -0.2) is 18.2 Å². The highest BCUT2D eigenvalue weighted by Gasteiger charge is 2.50. The minimum atomic E-state index is 0.374. The number of phenols is 1.